The van der Waals surface area contributed by atoms with Crippen molar-refractivity contribution in [2.24, 2.45) is 5.92 Å². The second-order valence-corrected chi connectivity index (χ2v) is 5.99. The number of hydrogen-bond acceptors (Lipinski definition) is 6. The van der Waals surface area contributed by atoms with E-state index in [1.807, 2.05) is 4.90 Å². The summed E-state index contributed by atoms with van der Waals surface area (Å²) in [4.78, 5) is 24.9. The van der Waals surface area contributed by atoms with Crippen molar-refractivity contribution in [3.8, 4) is 0 Å². The highest BCUT2D eigenvalue weighted by atomic mass is 16.5. The standard InChI is InChI=1S/C14H19N5O3/c1-8(2)3-13-17-12(18-22-13)6-19-5-10-9(15-7-16-10)4-11(19)14(20)21/h7-8,11H,3-6H2,1-2H3,(H,15,16)(H,20,21)/t11-/m1/s1. The third-order valence-corrected chi connectivity index (χ3v) is 3.72. The quantitative estimate of drug-likeness (QED) is 0.848. The molecule has 0 saturated carbocycles. The van der Waals surface area contributed by atoms with E-state index in [2.05, 4.69) is 34.0 Å². The van der Waals surface area contributed by atoms with E-state index in [9.17, 15) is 9.90 Å². The van der Waals surface area contributed by atoms with Gasteiger partial charge in [-0.3, -0.25) is 9.69 Å². The molecule has 0 aliphatic carbocycles. The fraction of sp³-hybridized carbons (Fsp3) is 0.571. The Kier molecular flexibility index (Phi) is 3.93. The van der Waals surface area contributed by atoms with Crippen LogP contribution in [0.4, 0.5) is 0 Å². The zero-order valence-electron chi connectivity index (χ0n) is 12.6. The van der Waals surface area contributed by atoms with Crippen molar-refractivity contribution in [2.75, 3.05) is 0 Å². The minimum atomic E-state index is -0.862. The fourth-order valence-corrected chi connectivity index (χ4v) is 2.67. The van der Waals surface area contributed by atoms with Gasteiger partial charge in [-0.2, -0.15) is 4.98 Å². The highest BCUT2D eigenvalue weighted by Gasteiger charge is 2.33. The first-order valence-corrected chi connectivity index (χ1v) is 7.32. The number of carbonyl (C=O) groups is 1. The van der Waals surface area contributed by atoms with Gasteiger partial charge in [0, 0.05) is 19.4 Å². The Bertz CT molecular complexity index is 663. The van der Waals surface area contributed by atoms with Crippen LogP contribution in [0.25, 0.3) is 0 Å². The van der Waals surface area contributed by atoms with Crippen LogP contribution in [0.5, 0.6) is 0 Å². The molecular weight excluding hydrogens is 286 g/mol. The van der Waals surface area contributed by atoms with Crippen LogP contribution >= 0.6 is 0 Å². The molecule has 22 heavy (non-hydrogen) atoms. The van der Waals surface area contributed by atoms with Crippen molar-refractivity contribution in [1.82, 2.24) is 25.0 Å². The topological polar surface area (TPSA) is 108 Å². The zero-order chi connectivity index (χ0) is 15.7. The largest absolute Gasteiger partial charge is 0.480 e. The minimum Gasteiger partial charge on any atom is -0.480 e. The molecular formula is C14H19N5O3. The van der Waals surface area contributed by atoms with Crippen molar-refractivity contribution in [1.29, 1.82) is 0 Å². The Balaban J connectivity index is 1.75. The van der Waals surface area contributed by atoms with E-state index < -0.39 is 12.0 Å². The van der Waals surface area contributed by atoms with Crippen LogP contribution in [0.1, 0.15) is 37.0 Å². The lowest BCUT2D eigenvalue weighted by molar-refractivity contribution is -0.144. The maximum absolute atomic E-state index is 11.5. The summed E-state index contributed by atoms with van der Waals surface area (Å²) in [6, 6.07) is -0.622. The SMILES string of the molecule is CC(C)Cc1nc(CN2Cc3[nH]cnc3C[C@@H]2C(=O)O)no1. The Hall–Kier alpha value is -2.22. The Morgan fingerprint density at radius 2 is 2.41 bits per heavy atom. The number of carboxylic acid groups (broad SMARTS) is 1. The molecule has 3 heterocycles. The Morgan fingerprint density at radius 3 is 3.14 bits per heavy atom. The predicted molar refractivity (Wildman–Crippen MR) is 75.8 cm³/mol. The molecule has 8 heteroatoms. The number of fused-ring (bicyclic) bond motifs is 1. The maximum Gasteiger partial charge on any atom is 0.321 e. The normalized spacial score (nSPS) is 18.6. The molecule has 3 rings (SSSR count). The molecule has 1 aliphatic heterocycles. The van der Waals surface area contributed by atoms with E-state index in [-0.39, 0.29) is 0 Å². The van der Waals surface area contributed by atoms with Gasteiger partial charge < -0.3 is 14.6 Å². The van der Waals surface area contributed by atoms with E-state index >= 15 is 0 Å². The molecule has 1 aliphatic rings. The molecule has 0 radical (unpaired) electrons. The third-order valence-electron chi connectivity index (χ3n) is 3.72. The van der Waals surface area contributed by atoms with E-state index in [1.165, 1.54) is 0 Å². The fourth-order valence-electron chi connectivity index (χ4n) is 2.67. The number of hydrogen-bond donors (Lipinski definition) is 2. The summed E-state index contributed by atoms with van der Waals surface area (Å²) in [6.07, 6.45) is 2.70. The van der Waals surface area contributed by atoms with Crippen LogP contribution in [0.3, 0.4) is 0 Å². The van der Waals surface area contributed by atoms with Gasteiger partial charge in [-0.15, -0.1) is 0 Å². The molecule has 0 aromatic carbocycles. The van der Waals surface area contributed by atoms with E-state index in [0.717, 1.165) is 17.8 Å². The van der Waals surface area contributed by atoms with E-state index in [4.69, 9.17) is 4.52 Å². The molecule has 2 aromatic heterocycles. The van der Waals surface area contributed by atoms with Crippen LogP contribution < -0.4 is 0 Å². The number of imidazole rings is 1. The Labute approximate surface area is 127 Å². The van der Waals surface area contributed by atoms with E-state index in [1.54, 1.807) is 6.33 Å². The predicted octanol–water partition coefficient (Wildman–Crippen LogP) is 1.00. The lowest BCUT2D eigenvalue weighted by Crippen LogP contribution is -2.45. The van der Waals surface area contributed by atoms with Crippen LogP contribution in [-0.2, 0) is 30.7 Å². The van der Waals surface area contributed by atoms with Crippen molar-refractivity contribution in [3.05, 3.63) is 29.4 Å². The summed E-state index contributed by atoms with van der Waals surface area (Å²) >= 11 is 0. The molecule has 0 spiro atoms. The first-order valence-electron chi connectivity index (χ1n) is 7.32. The van der Waals surface area contributed by atoms with Crippen molar-refractivity contribution < 1.29 is 14.4 Å². The highest BCUT2D eigenvalue weighted by Crippen LogP contribution is 2.22. The minimum absolute atomic E-state index is 0.344. The first kappa shape index (κ1) is 14.7. The van der Waals surface area contributed by atoms with Gasteiger partial charge in [0.15, 0.2) is 5.82 Å². The van der Waals surface area contributed by atoms with Crippen molar-refractivity contribution in [2.45, 2.75) is 45.8 Å². The summed E-state index contributed by atoms with van der Waals surface area (Å²) < 4.78 is 5.21. The molecule has 0 amide bonds. The molecule has 2 aromatic rings. The number of nitrogens with zero attached hydrogens (tertiary/aromatic N) is 4. The molecule has 1 atom stereocenters. The molecule has 118 valence electrons. The number of aliphatic carboxylic acids is 1. The van der Waals surface area contributed by atoms with Gasteiger partial charge in [0.1, 0.15) is 6.04 Å². The summed E-state index contributed by atoms with van der Waals surface area (Å²) in [6.45, 7) is 4.99. The molecule has 0 bridgehead atoms. The van der Waals surface area contributed by atoms with Crippen molar-refractivity contribution >= 4 is 5.97 Å². The average Bonchev–Trinajstić information content (AvgIpc) is 3.06. The summed E-state index contributed by atoms with van der Waals surface area (Å²) in [7, 11) is 0. The van der Waals surface area contributed by atoms with Crippen molar-refractivity contribution in [3.63, 3.8) is 0 Å². The molecule has 0 unspecified atom stereocenters. The van der Waals surface area contributed by atoms with Gasteiger partial charge in [-0.25, -0.2) is 4.98 Å². The highest BCUT2D eigenvalue weighted by molar-refractivity contribution is 5.74. The number of H-pyrrole nitrogens is 1. The number of rotatable bonds is 5. The average molecular weight is 305 g/mol. The molecule has 8 nitrogen and oxygen atoms in total. The third kappa shape index (κ3) is 3.01. The lowest BCUT2D eigenvalue weighted by Gasteiger charge is -2.31. The van der Waals surface area contributed by atoms with Crippen LogP contribution in [0.15, 0.2) is 10.9 Å². The van der Waals surface area contributed by atoms with E-state index in [0.29, 0.717) is 37.1 Å². The number of nitrogens with one attached hydrogen (secondary N) is 1. The van der Waals surface area contributed by atoms with Gasteiger partial charge in [0.05, 0.1) is 24.3 Å². The summed E-state index contributed by atoms with van der Waals surface area (Å²) in [5.74, 6) is 0.683. The summed E-state index contributed by atoms with van der Waals surface area (Å²) in [5.41, 5.74) is 1.76. The van der Waals surface area contributed by atoms with Crippen LogP contribution in [-0.4, -0.2) is 42.1 Å². The first-order chi connectivity index (χ1) is 10.5. The van der Waals surface area contributed by atoms with Gasteiger partial charge >= 0.3 is 5.97 Å². The van der Waals surface area contributed by atoms with Crippen LogP contribution in [0.2, 0.25) is 0 Å². The monoisotopic (exact) mass is 305 g/mol. The Morgan fingerprint density at radius 1 is 1.59 bits per heavy atom. The van der Waals surface area contributed by atoms with Gasteiger partial charge in [-0.05, 0) is 5.92 Å². The number of aromatic nitrogens is 4. The number of aromatic amines is 1. The molecule has 0 saturated heterocycles. The lowest BCUT2D eigenvalue weighted by atomic mass is 10.0. The second-order valence-electron chi connectivity index (χ2n) is 5.99. The van der Waals surface area contributed by atoms with Crippen LogP contribution in [0, 0.1) is 5.92 Å². The second kappa shape index (κ2) is 5.88. The number of carboxylic acids is 1. The van der Waals surface area contributed by atoms with Gasteiger partial charge in [0.25, 0.3) is 0 Å². The van der Waals surface area contributed by atoms with Gasteiger partial charge in [-0.1, -0.05) is 19.0 Å². The molecule has 2 N–H and O–H groups in total. The maximum atomic E-state index is 11.5. The smallest absolute Gasteiger partial charge is 0.321 e. The zero-order valence-corrected chi connectivity index (χ0v) is 12.6. The van der Waals surface area contributed by atoms with Gasteiger partial charge in [0.2, 0.25) is 5.89 Å². The molecule has 0 fully saturated rings. The summed E-state index contributed by atoms with van der Waals surface area (Å²) in [5, 5.41) is 13.4.